The smallest absolute Gasteiger partial charge is 0.212 e. The number of hydrogen-bond acceptors (Lipinski definition) is 2. The summed E-state index contributed by atoms with van der Waals surface area (Å²) in [6.07, 6.45) is 7.51. The largest absolute Gasteiger partial charge is 0.236 e. The van der Waals surface area contributed by atoms with Gasteiger partial charge in [0.2, 0.25) is 9.05 Å². The van der Waals surface area contributed by atoms with Crippen molar-refractivity contribution in [1.82, 2.24) is 0 Å². The summed E-state index contributed by atoms with van der Waals surface area (Å²) in [5.74, 6) is -0.0100. The van der Waals surface area contributed by atoms with Gasteiger partial charge in [-0.15, -0.1) is 0 Å². The molecule has 0 aliphatic heterocycles. The van der Waals surface area contributed by atoms with Crippen LogP contribution in [0.25, 0.3) is 0 Å². The summed E-state index contributed by atoms with van der Waals surface area (Å²) in [4.78, 5) is 0. The lowest BCUT2D eigenvalue weighted by atomic mass is 9.95. The van der Waals surface area contributed by atoms with Crippen molar-refractivity contribution in [2.75, 3.05) is 5.75 Å². The van der Waals surface area contributed by atoms with E-state index in [0.29, 0.717) is 0 Å². The Morgan fingerprint density at radius 2 is 1.83 bits per heavy atom. The quantitative estimate of drug-likeness (QED) is 0.516. The molecule has 0 amide bonds. The maximum absolute atomic E-state index is 10.6. The Kier molecular flexibility index (Phi) is 3.59. The highest BCUT2D eigenvalue weighted by atomic mass is 35.7. The molecule has 1 saturated carbocycles. The standard InChI is InChI=1S/C8H13ClO2S/c9-12(10,11)7-6-8-4-2-1-3-5-8/h6H,1-5,7H2. The molecule has 0 unspecified atom stereocenters. The lowest BCUT2D eigenvalue weighted by Crippen LogP contribution is -1.98. The highest BCUT2D eigenvalue weighted by molar-refractivity contribution is 8.13. The van der Waals surface area contributed by atoms with Crippen molar-refractivity contribution < 1.29 is 8.42 Å². The Morgan fingerprint density at radius 3 is 2.33 bits per heavy atom. The molecule has 0 aromatic carbocycles. The zero-order valence-electron chi connectivity index (χ0n) is 6.92. The van der Waals surface area contributed by atoms with Crippen molar-refractivity contribution in [2.45, 2.75) is 32.1 Å². The highest BCUT2D eigenvalue weighted by Crippen LogP contribution is 2.22. The lowest BCUT2D eigenvalue weighted by Gasteiger charge is -2.12. The Morgan fingerprint density at radius 1 is 1.25 bits per heavy atom. The zero-order chi connectivity index (χ0) is 9.03. The van der Waals surface area contributed by atoms with Gasteiger partial charge in [-0.25, -0.2) is 8.42 Å². The van der Waals surface area contributed by atoms with E-state index in [4.69, 9.17) is 10.7 Å². The summed E-state index contributed by atoms with van der Waals surface area (Å²) in [6, 6.07) is 0. The van der Waals surface area contributed by atoms with Gasteiger partial charge < -0.3 is 0 Å². The minimum Gasteiger partial charge on any atom is -0.212 e. The van der Waals surface area contributed by atoms with E-state index in [1.807, 2.05) is 0 Å². The molecule has 0 aromatic heterocycles. The maximum atomic E-state index is 10.6. The van der Waals surface area contributed by atoms with Crippen LogP contribution in [0, 0.1) is 0 Å². The van der Waals surface area contributed by atoms with Gasteiger partial charge in [-0.1, -0.05) is 18.1 Å². The first-order valence-corrected chi connectivity index (χ1v) is 6.66. The van der Waals surface area contributed by atoms with Gasteiger partial charge in [-0.2, -0.15) is 0 Å². The van der Waals surface area contributed by atoms with Crippen molar-refractivity contribution in [1.29, 1.82) is 0 Å². The number of hydrogen-bond donors (Lipinski definition) is 0. The average Bonchev–Trinajstić information content (AvgIpc) is 2.02. The first-order chi connectivity index (χ1) is 5.58. The molecule has 1 fully saturated rings. The van der Waals surface area contributed by atoms with E-state index < -0.39 is 9.05 Å². The predicted octanol–water partition coefficient (Wildman–Crippen LogP) is 2.45. The van der Waals surface area contributed by atoms with Crippen LogP contribution in [0.4, 0.5) is 0 Å². The molecule has 0 atom stereocenters. The molecule has 70 valence electrons. The molecule has 1 aliphatic rings. The SMILES string of the molecule is O=S(=O)(Cl)CC=C1CCCCC1. The number of halogens is 1. The average molecular weight is 209 g/mol. The molecular formula is C8H13ClO2S. The van der Waals surface area contributed by atoms with Crippen molar-refractivity contribution in [3.05, 3.63) is 11.6 Å². The van der Waals surface area contributed by atoms with Crippen LogP contribution < -0.4 is 0 Å². The fraction of sp³-hybridized carbons (Fsp3) is 0.750. The Hall–Kier alpha value is -0.0200. The first kappa shape index (κ1) is 10.1. The molecular weight excluding hydrogens is 196 g/mol. The summed E-state index contributed by atoms with van der Waals surface area (Å²) in [7, 11) is 1.75. The monoisotopic (exact) mass is 208 g/mol. The zero-order valence-corrected chi connectivity index (χ0v) is 8.50. The van der Waals surface area contributed by atoms with E-state index in [1.54, 1.807) is 6.08 Å². The summed E-state index contributed by atoms with van der Waals surface area (Å²) < 4.78 is 21.2. The molecule has 0 radical (unpaired) electrons. The fourth-order valence-corrected chi connectivity index (χ4v) is 2.05. The first-order valence-electron chi connectivity index (χ1n) is 4.18. The second kappa shape index (κ2) is 4.28. The number of rotatable bonds is 2. The van der Waals surface area contributed by atoms with E-state index >= 15 is 0 Å². The molecule has 0 saturated heterocycles. The molecule has 0 N–H and O–H groups in total. The molecule has 2 nitrogen and oxygen atoms in total. The van der Waals surface area contributed by atoms with Crippen LogP contribution >= 0.6 is 10.7 Å². The van der Waals surface area contributed by atoms with Crippen molar-refractivity contribution >= 4 is 19.7 Å². The van der Waals surface area contributed by atoms with Crippen molar-refractivity contribution in [3.8, 4) is 0 Å². The Labute approximate surface area is 78.0 Å². The summed E-state index contributed by atoms with van der Waals surface area (Å²) in [5, 5.41) is 0. The summed E-state index contributed by atoms with van der Waals surface area (Å²) >= 11 is 0. The Balaban J connectivity index is 2.45. The molecule has 1 rings (SSSR count). The third-order valence-corrected chi connectivity index (χ3v) is 3.01. The van der Waals surface area contributed by atoms with E-state index in [-0.39, 0.29) is 5.75 Å². The topological polar surface area (TPSA) is 34.1 Å². The van der Waals surface area contributed by atoms with E-state index in [1.165, 1.54) is 24.8 Å². The van der Waals surface area contributed by atoms with Gasteiger partial charge in [0.25, 0.3) is 0 Å². The van der Waals surface area contributed by atoms with E-state index in [0.717, 1.165) is 12.8 Å². The van der Waals surface area contributed by atoms with Gasteiger partial charge in [0.05, 0.1) is 5.75 Å². The van der Waals surface area contributed by atoms with Crippen LogP contribution in [0.5, 0.6) is 0 Å². The minimum atomic E-state index is -3.33. The molecule has 4 heteroatoms. The van der Waals surface area contributed by atoms with Crippen LogP contribution in [0.3, 0.4) is 0 Å². The minimum absolute atomic E-state index is 0.0100. The van der Waals surface area contributed by atoms with Crippen LogP contribution in [-0.2, 0) is 9.05 Å². The molecule has 0 spiro atoms. The highest BCUT2D eigenvalue weighted by Gasteiger charge is 2.07. The molecule has 0 aromatic rings. The van der Waals surface area contributed by atoms with Gasteiger partial charge in [0, 0.05) is 10.7 Å². The van der Waals surface area contributed by atoms with Gasteiger partial charge in [-0.3, -0.25) is 0 Å². The molecule has 12 heavy (non-hydrogen) atoms. The van der Waals surface area contributed by atoms with Gasteiger partial charge in [0.1, 0.15) is 0 Å². The van der Waals surface area contributed by atoms with Crippen LogP contribution in [-0.4, -0.2) is 14.2 Å². The lowest BCUT2D eigenvalue weighted by molar-refractivity contribution is 0.596. The van der Waals surface area contributed by atoms with E-state index in [9.17, 15) is 8.42 Å². The number of allylic oxidation sites excluding steroid dienone is 1. The second-order valence-corrected chi connectivity index (χ2v) is 5.95. The van der Waals surface area contributed by atoms with Crippen molar-refractivity contribution in [3.63, 3.8) is 0 Å². The molecule has 0 bridgehead atoms. The van der Waals surface area contributed by atoms with Gasteiger partial charge >= 0.3 is 0 Å². The Bertz CT molecular complexity index is 259. The third kappa shape index (κ3) is 4.12. The van der Waals surface area contributed by atoms with Gasteiger partial charge in [0.15, 0.2) is 0 Å². The van der Waals surface area contributed by atoms with Crippen molar-refractivity contribution in [2.24, 2.45) is 0 Å². The fourth-order valence-electron chi connectivity index (χ4n) is 1.43. The van der Waals surface area contributed by atoms with Gasteiger partial charge in [-0.05, 0) is 25.7 Å². The maximum Gasteiger partial charge on any atom is 0.236 e. The van der Waals surface area contributed by atoms with Crippen LogP contribution in [0.15, 0.2) is 11.6 Å². The molecule has 0 heterocycles. The summed E-state index contributed by atoms with van der Waals surface area (Å²) in [5.41, 5.74) is 1.26. The third-order valence-electron chi connectivity index (χ3n) is 2.07. The second-order valence-electron chi connectivity index (χ2n) is 3.13. The molecule has 1 aliphatic carbocycles. The summed E-state index contributed by atoms with van der Waals surface area (Å²) in [6.45, 7) is 0. The normalized spacial score (nSPS) is 19.2. The van der Waals surface area contributed by atoms with Crippen LogP contribution in [0.1, 0.15) is 32.1 Å². The van der Waals surface area contributed by atoms with Crippen LogP contribution in [0.2, 0.25) is 0 Å². The predicted molar refractivity (Wildman–Crippen MR) is 50.8 cm³/mol. The van der Waals surface area contributed by atoms with E-state index in [2.05, 4.69) is 0 Å².